The van der Waals surface area contributed by atoms with Crippen LogP contribution in [0.15, 0.2) is 42.5 Å². The molecule has 1 amide bonds. The maximum absolute atomic E-state index is 12.6. The Kier molecular flexibility index (Phi) is 6.95. The van der Waals surface area contributed by atoms with Gasteiger partial charge in [0.05, 0.1) is 17.2 Å². The third-order valence-corrected chi connectivity index (χ3v) is 5.69. The summed E-state index contributed by atoms with van der Waals surface area (Å²) in [6.07, 6.45) is 0.270. The van der Waals surface area contributed by atoms with Crippen LogP contribution >= 0.6 is 35.4 Å². The molecule has 0 saturated heterocycles. The van der Waals surface area contributed by atoms with Gasteiger partial charge < -0.3 is 9.64 Å². The Morgan fingerprint density at radius 2 is 1.97 bits per heavy atom. The lowest BCUT2D eigenvalue weighted by molar-refractivity contribution is -0.130. The minimum atomic E-state index is -0.0372. The van der Waals surface area contributed by atoms with Crippen LogP contribution in [0.25, 0.3) is 11.4 Å². The molecule has 0 aliphatic heterocycles. The van der Waals surface area contributed by atoms with Crippen LogP contribution in [0, 0.1) is 4.77 Å². The van der Waals surface area contributed by atoms with E-state index in [1.54, 1.807) is 25.1 Å². The molecule has 0 spiro atoms. The van der Waals surface area contributed by atoms with Gasteiger partial charge in [-0.2, -0.15) is 5.10 Å². The number of carbonyl (C=O) groups is 1. The Bertz CT molecular complexity index is 1060. The maximum Gasteiger partial charge on any atom is 0.224 e. The molecule has 0 radical (unpaired) electrons. The van der Waals surface area contributed by atoms with Gasteiger partial charge in [0.15, 0.2) is 10.6 Å². The molecule has 0 atom stereocenters. The predicted octanol–water partition coefficient (Wildman–Crippen LogP) is 4.97. The van der Waals surface area contributed by atoms with E-state index in [0.717, 1.165) is 16.9 Å². The highest BCUT2D eigenvalue weighted by atomic mass is 35.5. The molecule has 0 unspecified atom stereocenters. The number of methoxy groups -OCH3 is 1. The van der Waals surface area contributed by atoms with E-state index in [2.05, 4.69) is 10.2 Å². The molecule has 0 fully saturated rings. The average Bonchev–Trinajstić information content (AvgIpc) is 3.10. The number of aromatic amines is 1. The van der Waals surface area contributed by atoms with Crippen molar-refractivity contribution in [2.24, 2.45) is 0 Å². The van der Waals surface area contributed by atoms with Crippen LogP contribution in [0.2, 0.25) is 10.0 Å². The molecule has 0 saturated carbocycles. The summed E-state index contributed by atoms with van der Waals surface area (Å²) in [6.45, 7) is 0.781. The summed E-state index contributed by atoms with van der Waals surface area (Å²) in [4.78, 5) is 14.3. The topological polar surface area (TPSA) is 63.1 Å². The van der Waals surface area contributed by atoms with Crippen LogP contribution in [0.3, 0.4) is 0 Å². The van der Waals surface area contributed by atoms with Gasteiger partial charge in [0, 0.05) is 32.1 Å². The molecule has 9 heteroatoms. The lowest BCUT2D eigenvalue weighted by Gasteiger charge is -2.18. The highest BCUT2D eigenvalue weighted by Crippen LogP contribution is 2.26. The first kappa shape index (κ1) is 21.4. The van der Waals surface area contributed by atoms with Gasteiger partial charge in [-0.3, -0.25) is 14.5 Å². The molecule has 1 aromatic heterocycles. The molecule has 2 aromatic carbocycles. The molecule has 1 heterocycles. The lowest BCUT2D eigenvalue weighted by atomic mass is 10.2. The van der Waals surface area contributed by atoms with E-state index in [-0.39, 0.29) is 12.3 Å². The van der Waals surface area contributed by atoms with E-state index in [9.17, 15) is 4.79 Å². The van der Waals surface area contributed by atoms with E-state index < -0.39 is 0 Å². The monoisotopic (exact) mass is 450 g/mol. The minimum absolute atomic E-state index is 0.0372. The average molecular weight is 451 g/mol. The number of amides is 1. The van der Waals surface area contributed by atoms with E-state index >= 15 is 0 Å². The van der Waals surface area contributed by atoms with E-state index in [4.69, 9.17) is 40.2 Å². The molecule has 152 valence electrons. The Hall–Kier alpha value is -2.35. The van der Waals surface area contributed by atoms with Gasteiger partial charge >= 0.3 is 0 Å². The summed E-state index contributed by atoms with van der Waals surface area (Å²) >= 11 is 17.6. The van der Waals surface area contributed by atoms with Gasteiger partial charge in [-0.1, -0.05) is 35.3 Å². The zero-order valence-electron chi connectivity index (χ0n) is 16.0. The highest BCUT2D eigenvalue weighted by Gasteiger charge is 2.15. The zero-order valence-corrected chi connectivity index (χ0v) is 18.3. The van der Waals surface area contributed by atoms with E-state index in [0.29, 0.717) is 33.7 Å². The zero-order chi connectivity index (χ0) is 21.0. The number of hydrogen-bond donors (Lipinski definition) is 1. The number of benzene rings is 2. The maximum atomic E-state index is 12.6. The third-order valence-electron chi connectivity index (χ3n) is 4.52. The number of ether oxygens (including phenoxy) is 1. The molecule has 29 heavy (non-hydrogen) atoms. The molecule has 3 aromatic rings. The quantitative estimate of drug-likeness (QED) is 0.515. The third kappa shape index (κ3) is 4.98. The second kappa shape index (κ2) is 9.43. The molecule has 1 N–H and O–H groups in total. The summed E-state index contributed by atoms with van der Waals surface area (Å²) in [5.41, 5.74) is 1.68. The van der Waals surface area contributed by atoms with Gasteiger partial charge in [0.2, 0.25) is 5.91 Å². The van der Waals surface area contributed by atoms with Crippen LogP contribution in [-0.2, 0) is 17.9 Å². The van der Waals surface area contributed by atoms with Crippen LogP contribution in [0.4, 0.5) is 0 Å². The normalized spacial score (nSPS) is 10.8. The number of hydrogen-bond acceptors (Lipinski definition) is 4. The Balaban J connectivity index is 1.69. The fraction of sp³-hybridized carbons (Fsp3) is 0.250. The van der Waals surface area contributed by atoms with Gasteiger partial charge in [0.1, 0.15) is 5.75 Å². The van der Waals surface area contributed by atoms with Crippen molar-refractivity contribution < 1.29 is 9.53 Å². The first-order valence-electron chi connectivity index (χ1n) is 8.87. The smallest absolute Gasteiger partial charge is 0.224 e. The van der Waals surface area contributed by atoms with E-state index in [1.165, 1.54) is 0 Å². The van der Waals surface area contributed by atoms with Crippen LogP contribution in [0.1, 0.15) is 12.0 Å². The Morgan fingerprint density at radius 3 is 2.66 bits per heavy atom. The predicted molar refractivity (Wildman–Crippen MR) is 117 cm³/mol. The van der Waals surface area contributed by atoms with Crippen molar-refractivity contribution in [1.82, 2.24) is 19.7 Å². The number of nitrogens with zero attached hydrogens (tertiary/aromatic N) is 3. The summed E-state index contributed by atoms with van der Waals surface area (Å²) in [7, 11) is 3.35. The van der Waals surface area contributed by atoms with Crippen LogP contribution in [-0.4, -0.2) is 39.7 Å². The van der Waals surface area contributed by atoms with Crippen LogP contribution in [0.5, 0.6) is 5.75 Å². The molecule has 3 rings (SSSR count). The second-order valence-corrected chi connectivity index (χ2v) is 7.62. The van der Waals surface area contributed by atoms with Gasteiger partial charge in [0.25, 0.3) is 0 Å². The van der Waals surface area contributed by atoms with Crippen LogP contribution < -0.4 is 4.74 Å². The number of aromatic nitrogens is 3. The van der Waals surface area contributed by atoms with Crippen molar-refractivity contribution in [3.8, 4) is 17.1 Å². The summed E-state index contributed by atoms with van der Waals surface area (Å²) in [6, 6.07) is 12.9. The van der Waals surface area contributed by atoms with E-state index in [1.807, 2.05) is 41.0 Å². The number of carbonyl (C=O) groups excluding carboxylic acids is 1. The largest absolute Gasteiger partial charge is 0.497 e. The second-order valence-electron chi connectivity index (χ2n) is 6.45. The number of rotatable bonds is 7. The molecule has 0 bridgehead atoms. The van der Waals surface area contributed by atoms with Gasteiger partial charge in [-0.05, 0) is 48.1 Å². The number of halogens is 2. The first-order chi connectivity index (χ1) is 13.9. The molecule has 0 aliphatic rings. The lowest BCUT2D eigenvalue weighted by Crippen LogP contribution is -2.27. The minimum Gasteiger partial charge on any atom is -0.497 e. The Labute approximate surface area is 184 Å². The summed E-state index contributed by atoms with van der Waals surface area (Å²) < 4.78 is 7.46. The van der Waals surface area contributed by atoms with Crippen molar-refractivity contribution in [3.63, 3.8) is 0 Å². The number of H-pyrrole nitrogens is 1. The summed E-state index contributed by atoms with van der Waals surface area (Å²) in [5, 5.41) is 8.04. The molecule has 0 aliphatic carbocycles. The SMILES string of the molecule is COc1ccc(-c2n[nH]c(=S)n2CCC(=O)N(C)Cc2cccc(Cl)c2Cl)cc1. The molecule has 6 nitrogen and oxygen atoms in total. The standard InChI is InChI=1S/C20H20Cl2N4O2S/c1-25(12-14-4-3-5-16(21)18(14)22)17(27)10-11-26-19(23-24-20(26)29)13-6-8-15(28-2)9-7-13/h3-9H,10-12H2,1-2H3,(H,24,29). The fourth-order valence-electron chi connectivity index (χ4n) is 2.90. The molecular weight excluding hydrogens is 431 g/mol. The van der Waals surface area contributed by atoms with Crippen molar-refractivity contribution in [2.45, 2.75) is 19.5 Å². The summed E-state index contributed by atoms with van der Waals surface area (Å²) in [5.74, 6) is 1.39. The first-order valence-corrected chi connectivity index (χ1v) is 10.0. The fourth-order valence-corrected chi connectivity index (χ4v) is 3.50. The van der Waals surface area contributed by atoms with Gasteiger partial charge in [-0.25, -0.2) is 0 Å². The van der Waals surface area contributed by atoms with Crippen molar-refractivity contribution in [1.29, 1.82) is 0 Å². The molecular formula is C20H20Cl2N4O2S. The highest BCUT2D eigenvalue weighted by molar-refractivity contribution is 7.71. The van der Waals surface area contributed by atoms with Crippen molar-refractivity contribution >= 4 is 41.3 Å². The Morgan fingerprint density at radius 1 is 1.24 bits per heavy atom. The number of nitrogens with one attached hydrogen (secondary N) is 1. The van der Waals surface area contributed by atoms with Gasteiger partial charge in [-0.15, -0.1) is 0 Å². The van der Waals surface area contributed by atoms with Crippen molar-refractivity contribution in [2.75, 3.05) is 14.2 Å². The van der Waals surface area contributed by atoms with Crippen molar-refractivity contribution in [3.05, 3.63) is 62.8 Å².